The summed E-state index contributed by atoms with van der Waals surface area (Å²) in [5, 5.41) is 0.272. The van der Waals surface area contributed by atoms with Crippen molar-refractivity contribution >= 4 is 38.4 Å². The molecule has 2 fully saturated rings. The molecule has 29 heavy (non-hydrogen) atoms. The smallest absolute Gasteiger partial charge is 0.252 e. The average molecular weight is 435 g/mol. The normalized spacial score (nSPS) is 23.9. The van der Waals surface area contributed by atoms with Gasteiger partial charge in [0.15, 0.2) is 15.0 Å². The first-order chi connectivity index (χ1) is 13.9. The molecule has 9 heteroatoms. The van der Waals surface area contributed by atoms with Crippen LogP contribution in [-0.2, 0) is 21.1 Å². The highest BCUT2D eigenvalue weighted by Gasteiger charge is 2.50. The molecule has 0 aliphatic carbocycles. The number of hydrogen-bond donors (Lipinski definition) is 0. The largest absolute Gasteiger partial charge is 0.495 e. The molecule has 0 spiro atoms. The van der Waals surface area contributed by atoms with Crippen molar-refractivity contribution in [3.8, 4) is 5.75 Å². The summed E-state index contributed by atoms with van der Waals surface area (Å²) in [4.78, 5) is 18.6. The number of methoxy groups -OCH3 is 1. The van der Waals surface area contributed by atoms with E-state index >= 15 is 0 Å². The first kappa shape index (κ1) is 19.9. The van der Waals surface area contributed by atoms with Gasteiger partial charge in [-0.25, -0.2) is 12.8 Å². The van der Waals surface area contributed by atoms with Gasteiger partial charge in [0.1, 0.15) is 11.6 Å². The summed E-state index contributed by atoms with van der Waals surface area (Å²) < 4.78 is 42.8. The monoisotopic (exact) mass is 434 g/mol. The second kappa shape index (κ2) is 7.79. The zero-order valence-electron chi connectivity index (χ0n) is 15.6. The lowest BCUT2D eigenvalue weighted by Crippen LogP contribution is -2.38. The quantitative estimate of drug-likeness (QED) is 0.737. The number of amidine groups is 1. The van der Waals surface area contributed by atoms with E-state index in [2.05, 4.69) is 4.99 Å². The molecule has 2 heterocycles. The summed E-state index contributed by atoms with van der Waals surface area (Å²) in [7, 11) is -1.61. The van der Waals surface area contributed by atoms with E-state index in [4.69, 9.17) is 4.74 Å². The molecular formula is C20H19FN2O4S2. The number of hydrogen-bond acceptors (Lipinski definition) is 5. The van der Waals surface area contributed by atoms with Crippen LogP contribution in [-0.4, -0.2) is 49.4 Å². The van der Waals surface area contributed by atoms with Gasteiger partial charge < -0.3 is 9.64 Å². The molecule has 0 bridgehead atoms. The van der Waals surface area contributed by atoms with Crippen molar-refractivity contribution in [2.75, 3.05) is 23.5 Å². The Morgan fingerprint density at radius 1 is 1.21 bits per heavy atom. The fraction of sp³-hybridized carbons (Fsp3) is 0.300. The Bertz CT molecular complexity index is 1070. The zero-order chi connectivity index (χ0) is 20.6. The molecule has 2 atom stereocenters. The minimum atomic E-state index is -3.15. The summed E-state index contributed by atoms with van der Waals surface area (Å²) in [6, 6.07) is 12.7. The Kier molecular flexibility index (Phi) is 5.35. The fourth-order valence-electron chi connectivity index (χ4n) is 3.60. The van der Waals surface area contributed by atoms with E-state index in [1.165, 1.54) is 23.9 Å². The van der Waals surface area contributed by atoms with Crippen LogP contribution in [0.5, 0.6) is 5.75 Å². The molecule has 2 aromatic carbocycles. The van der Waals surface area contributed by atoms with E-state index in [0.29, 0.717) is 22.2 Å². The number of amides is 1. The summed E-state index contributed by atoms with van der Waals surface area (Å²) in [5.74, 6) is -0.0960. The molecule has 2 aliphatic heterocycles. The second-order valence-electron chi connectivity index (χ2n) is 6.93. The van der Waals surface area contributed by atoms with Gasteiger partial charge in [-0.1, -0.05) is 36.0 Å². The van der Waals surface area contributed by atoms with Crippen LogP contribution >= 0.6 is 11.8 Å². The predicted molar refractivity (Wildman–Crippen MR) is 112 cm³/mol. The molecule has 0 N–H and O–H groups in total. The van der Waals surface area contributed by atoms with Gasteiger partial charge in [-0.05, 0) is 29.8 Å². The fourth-order valence-corrected chi connectivity index (χ4v) is 7.52. The molecule has 0 aromatic heterocycles. The Morgan fingerprint density at radius 3 is 2.66 bits per heavy atom. The van der Waals surface area contributed by atoms with Crippen LogP contribution in [0.25, 0.3) is 0 Å². The highest BCUT2D eigenvalue weighted by molar-refractivity contribution is 8.16. The van der Waals surface area contributed by atoms with Crippen molar-refractivity contribution in [3.63, 3.8) is 0 Å². The maximum Gasteiger partial charge on any atom is 0.252 e. The first-order valence-corrected chi connectivity index (χ1v) is 11.7. The van der Waals surface area contributed by atoms with Gasteiger partial charge in [-0.2, -0.15) is 4.99 Å². The number of carbonyl (C=O) groups is 1. The van der Waals surface area contributed by atoms with Crippen LogP contribution in [0.4, 0.5) is 10.1 Å². The van der Waals surface area contributed by atoms with Crippen molar-refractivity contribution < 1.29 is 22.3 Å². The van der Waals surface area contributed by atoms with E-state index in [9.17, 15) is 17.6 Å². The van der Waals surface area contributed by atoms with Crippen LogP contribution in [0.15, 0.2) is 53.5 Å². The van der Waals surface area contributed by atoms with Gasteiger partial charge in [0.25, 0.3) is 5.91 Å². The molecular weight excluding hydrogens is 415 g/mol. The van der Waals surface area contributed by atoms with Crippen LogP contribution in [0, 0.1) is 5.82 Å². The van der Waals surface area contributed by atoms with E-state index < -0.39 is 9.84 Å². The number of halogens is 1. The molecule has 2 aromatic rings. The van der Waals surface area contributed by atoms with Crippen LogP contribution in [0.2, 0.25) is 0 Å². The number of nitrogens with zero attached hydrogens (tertiary/aromatic N) is 2. The third kappa shape index (κ3) is 4.16. The number of thioether (sulfide) groups is 1. The molecule has 152 valence electrons. The van der Waals surface area contributed by atoms with Crippen LogP contribution in [0.3, 0.4) is 0 Å². The molecule has 1 amide bonds. The van der Waals surface area contributed by atoms with Gasteiger partial charge >= 0.3 is 0 Å². The summed E-state index contributed by atoms with van der Waals surface area (Å²) in [5.41, 5.74) is 1.34. The Labute approximate surface area is 172 Å². The number of sulfone groups is 1. The molecule has 0 saturated carbocycles. The van der Waals surface area contributed by atoms with Crippen molar-refractivity contribution in [2.24, 2.45) is 4.99 Å². The van der Waals surface area contributed by atoms with Crippen molar-refractivity contribution in [1.82, 2.24) is 0 Å². The Hall–Kier alpha value is -2.39. The number of benzene rings is 2. The SMILES string of the molecule is COc1ccccc1N1C(=NC(=O)Cc2ccc(F)cc2)S[C@@H]2CS(=O)(=O)C[C@@H]21. The molecule has 0 unspecified atom stereocenters. The number of para-hydroxylation sites is 2. The topological polar surface area (TPSA) is 76.0 Å². The number of ether oxygens (including phenoxy) is 1. The summed E-state index contributed by atoms with van der Waals surface area (Å²) in [6.45, 7) is 0. The van der Waals surface area contributed by atoms with Gasteiger partial charge in [0.05, 0.1) is 36.8 Å². The van der Waals surface area contributed by atoms with E-state index in [1.54, 1.807) is 30.2 Å². The zero-order valence-corrected chi connectivity index (χ0v) is 17.2. The highest BCUT2D eigenvalue weighted by Crippen LogP contribution is 2.43. The van der Waals surface area contributed by atoms with Gasteiger partial charge in [0, 0.05) is 5.25 Å². The second-order valence-corrected chi connectivity index (χ2v) is 10.3. The lowest BCUT2D eigenvalue weighted by molar-refractivity contribution is -0.117. The standard InChI is InChI=1S/C20H19FN2O4S2/c1-27-17-5-3-2-4-15(17)23-16-11-29(25,26)12-18(16)28-20(23)22-19(24)10-13-6-8-14(21)9-7-13/h2-9,16,18H,10-12H2,1H3/t16-,18+/m0/s1. The molecule has 0 radical (unpaired) electrons. The minimum Gasteiger partial charge on any atom is -0.495 e. The predicted octanol–water partition coefficient (Wildman–Crippen LogP) is 2.68. The molecule has 2 aliphatic rings. The van der Waals surface area contributed by atoms with E-state index in [-0.39, 0.29) is 40.9 Å². The van der Waals surface area contributed by atoms with Crippen molar-refractivity contribution in [2.45, 2.75) is 17.7 Å². The van der Waals surface area contributed by atoms with Gasteiger partial charge in [-0.3, -0.25) is 4.79 Å². The lowest BCUT2D eigenvalue weighted by atomic mass is 10.1. The van der Waals surface area contributed by atoms with Crippen molar-refractivity contribution in [1.29, 1.82) is 0 Å². The molecule has 2 saturated heterocycles. The number of rotatable bonds is 4. The number of aliphatic imine (C=N–C) groups is 1. The summed E-state index contributed by atoms with van der Waals surface area (Å²) >= 11 is 1.31. The highest BCUT2D eigenvalue weighted by atomic mass is 32.2. The Balaban J connectivity index is 1.66. The maximum atomic E-state index is 13.1. The minimum absolute atomic E-state index is 0.00783. The van der Waals surface area contributed by atoms with Gasteiger partial charge in [0.2, 0.25) is 0 Å². The first-order valence-electron chi connectivity index (χ1n) is 9.01. The number of fused-ring (bicyclic) bond motifs is 1. The third-order valence-corrected chi connectivity index (χ3v) is 8.11. The van der Waals surface area contributed by atoms with Crippen LogP contribution in [0.1, 0.15) is 5.56 Å². The van der Waals surface area contributed by atoms with Crippen LogP contribution < -0.4 is 9.64 Å². The van der Waals surface area contributed by atoms with E-state index in [0.717, 1.165) is 0 Å². The maximum absolute atomic E-state index is 13.1. The average Bonchev–Trinajstić information content (AvgIpc) is 3.14. The van der Waals surface area contributed by atoms with E-state index in [1.807, 2.05) is 18.2 Å². The molecule has 4 rings (SSSR count). The van der Waals surface area contributed by atoms with Gasteiger partial charge in [-0.15, -0.1) is 0 Å². The Morgan fingerprint density at radius 2 is 1.93 bits per heavy atom. The van der Waals surface area contributed by atoms with Crippen molar-refractivity contribution in [3.05, 3.63) is 59.9 Å². The molecule has 6 nitrogen and oxygen atoms in total. The number of anilines is 1. The number of carbonyl (C=O) groups excluding carboxylic acids is 1. The third-order valence-electron chi connectivity index (χ3n) is 4.90. The summed E-state index contributed by atoms with van der Waals surface area (Å²) in [6.07, 6.45) is 0.0394. The lowest BCUT2D eigenvalue weighted by Gasteiger charge is -2.26.